The summed E-state index contributed by atoms with van der Waals surface area (Å²) in [6.45, 7) is -0.426. The van der Waals surface area contributed by atoms with Crippen LogP contribution < -0.4 is 43.8 Å². The quantitative estimate of drug-likeness (QED) is 0.0511. The fourth-order valence-electron chi connectivity index (χ4n) is 3.62. The number of carbonyl (C=O) groups is 6. The van der Waals surface area contributed by atoms with Gasteiger partial charge in [-0.05, 0) is 58.5 Å². The van der Waals surface area contributed by atoms with Gasteiger partial charge in [0.25, 0.3) is 0 Å². The molecule has 0 bridgehead atoms. The number of aliphatic hydroxyl groups excluding tert-OH is 3. The largest absolute Gasteiger partial charge is 0.480 e. The molecule has 0 saturated heterocycles. The molecule has 5 amide bonds. The first-order chi connectivity index (χ1) is 19.9. The molecule has 0 radical (unpaired) electrons. The molecule has 0 aliphatic rings. The highest BCUT2D eigenvalue weighted by Gasteiger charge is 2.33. The Kier molecular flexibility index (Phi) is 19.6. The number of amides is 5. The van der Waals surface area contributed by atoms with Gasteiger partial charge in [-0.2, -0.15) is 0 Å². The van der Waals surface area contributed by atoms with Gasteiger partial charge >= 0.3 is 5.97 Å². The van der Waals surface area contributed by atoms with Crippen LogP contribution in [-0.4, -0.2) is 125 Å². The number of nitrogens with one attached hydrogen (secondary N) is 5. The molecule has 242 valence electrons. The highest BCUT2D eigenvalue weighted by atomic mass is 16.4. The van der Waals surface area contributed by atoms with Gasteiger partial charge in [-0.15, -0.1) is 0 Å². The van der Waals surface area contributed by atoms with Crippen molar-refractivity contribution in [2.45, 2.75) is 81.8 Å². The van der Waals surface area contributed by atoms with E-state index in [4.69, 9.17) is 22.3 Å². The van der Waals surface area contributed by atoms with E-state index >= 15 is 0 Å². The van der Waals surface area contributed by atoms with Crippen molar-refractivity contribution in [1.82, 2.24) is 26.6 Å². The highest BCUT2D eigenvalue weighted by Crippen LogP contribution is 2.05. The number of carboxylic acid groups (broad SMARTS) is 1. The summed E-state index contributed by atoms with van der Waals surface area (Å²) in [6.07, 6.45) is 0.540. The summed E-state index contributed by atoms with van der Waals surface area (Å²) in [5.74, 6) is -5.97. The minimum absolute atomic E-state index is 0.0189. The van der Waals surface area contributed by atoms with Crippen molar-refractivity contribution in [3.05, 3.63) is 0 Å². The van der Waals surface area contributed by atoms with E-state index in [0.29, 0.717) is 32.2 Å². The molecule has 0 spiro atoms. The molecule has 18 heteroatoms. The summed E-state index contributed by atoms with van der Waals surface area (Å²) in [4.78, 5) is 74.3. The summed E-state index contributed by atoms with van der Waals surface area (Å²) >= 11 is 0. The van der Waals surface area contributed by atoms with Crippen molar-refractivity contribution in [2.24, 2.45) is 17.2 Å². The van der Waals surface area contributed by atoms with Gasteiger partial charge in [0.2, 0.25) is 29.5 Å². The predicted molar refractivity (Wildman–Crippen MR) is 148 cm³/mol. The third kappa shape index (κ3) is 14.5. The lowest BCUT2D eigenvalue weighted by Gasteiger charge is -2.27. The first kappa shape index (κ1) is 38.6. The summed E-state index contributed by atoms with van der Waals surface area (Å²) in [7, 11) is 0. The second-order valence-electron chi connectivity index (χ2n) is 9.51. The lowest BCUT2D eigenvalue weighted by atomic mass is 10.1. The number of hydrogen-bond donors (Lipinski definition) is 12. The van der Waals surface area contributed by atoms with E-state index in [1.54, 1.807) is 0 Å². The van der Waals surface area contributed by atoms with E-state index in [1.807, 2.05) is 0 Å². The minimum Gasteiger partial charge on any atom is -0.480 e. The molecule has 0 unspecified atom stereocenters. The van der Waals surface area contributed by atoms with Crippen molar-refractivity contribution in [3.63, 3.8) is 0 Å². The number of aliphatic hydroxyl groups is 3. The number of aliphatic carboxylic acids is 1. The van der Waals surface area contributed by atoms with Gasteiger partial charge in [-0.3, -0.25) is 24.0 Å². The fourth-order valence-corrected chi connectivity index (χ4v) is 3.62. The van der Waals surface area contributed by atoms with Crippen LogP contribution in [0.1, 0.15) is 45.4 Å². The summed E-state index contributed by atoms with van der Waals surface area (Å²) in [5, 5.41) is 49.6. The Morgan fingerprint density at radius 3 is 1.48 bits per heavy atom. The highest BCUT2D eigenvalue weighted by molar-refractivity contribution is 5.96. The summed E-state index contributed by atoms with van der Waals surface area (Å²) in [6, 6.07) is -7.30. The molecule has 0 heterocycles. The van der Waals surface area contributed by atoms with Crippen LogP contribution in [0.15, 0.2) is 0 Å². The second kappa shape index (κ2) is 21.3. The zero-order valence-corrected chi connectivity index (χ0v) is 23.7. The molecule has 0 aromatic carbocycles. The van der Waals surface area contributed by atoms with E-state index in [9.17, 15) is 44.1 Å². The lowest BCUT2D eigenvalue weighted by molar-refractivity contribution is -0.143. The Balaban J connectivity index is 5.63. The lowest BCUT2D eigenvalue weighted by Crippen LogP contribution is -2.61. The molecule has 0 rings (SSSR count). The number of hydrogen-bond acceptors (Lipinski definition) is 12. The Bertz CT molecular complexity index is 891. The van der Waals surface area contributed by atoms with Crippen LogP contribution in [0.5, 0.6) is 0 Å². The molecular weight excluding hydrogens is 560 g/mol. The zero-order valence-electron chi connectivity index (χ0n) is 23.7. The molecule has 0 aromatic rings. The van der Waals surface area contributed by atoms with Crippen molar-refractivity contribution >= 4 is 35.5 Å². The van der Waals surface area contributed by atoms with E-state index in [-0.39, 0.29) is 19.4 Å². The van der Waals surface area contributed by atoms with Crippen molar-refractivity contribution < 1.29 is 49.2 Å². The van der Waals surface area contributed by atoms with Crippen LogP contribution in [0.25, 0.3) is 0 Å². The molecule has 18 nitrogen and oxygen atoms in total. The van der Waals surface area contributed by atoms with E-state index in [2.05, 4.69) is 26.6 Å². The molecule has 0 aliphatic heterocycles. The van der Waals surface area contributed by atoms with Crippen LogP contribution in [0, 0.1) is 0 Å². The second-order valence-corrected chi connectivity index (χ2v) is 9.51. The molecule has 42 heavy (non-hydrogen) atoms. The first-order valence-corrected chi connectivity index (χ1v) is 13.6. The van der Waals surface area contributed by atoms with Gasteiger partial charge in [0, 0.05) is 0 Å². The van der Waals surface area contributed by atoms with Gasteiger partial charge in [0.1, 0.15) is 30.2 Å². The molecule has 6 atom stereocenters. The molecule has 0 aromatic heterocycles. The van der Waals surface area contributed by atoms with Crippen LogP contribution in [0.4, 0.5) is 0 Å². The number of carboxylic acids is 1. The van der Waals surface area contributed by atoms with Crippen LogP contribution in [0.2, 0.25) is 0 Å². The molecule has 0 aliphatic carbocycles. The number of rotatable bonds is 22. The van der Waals surface area contributed by atoms with E-state index in [1.165, 1.54) is 6.92 Å². The van der Waals surface area contributed by atoms with E-state index < -0.39 is 91.6 Å². The smallest absolute Gasteiger partial charge is 0.328 e. The average molecular weight is 607 g/mol. The topological polar surface area (TPSA) is 322 Å². The Labute approximate surface area is 243 Å². The maximum Gasteiger partial charge on any atom is 0.328 e. The predicted octanol–water partition coefficient (Wildman–Crippen LogP) is -5.92. The van der Waals surface area contributed by atoms with Gasteiger partial charge in [-0.25, -0.2) is 4.79 Å². The zero-order chi connectivity index (χ0) is 32.2. The maximum absolute atomic E-state index is 13.0. The molecule has 0 fully saturated rings. The number of nitrogens with two attached hydrogens (primary N) is 3. The van der Waals surface area contributed by atoms with Crippen molar-refractivity contribution in [1.29, 1.82) is 0 Å². The Morgan fingerprint density at radius 1 is 0.619 bits per heavy atom. The van der Waals surface area contributed by atoms with Gasteiger partial charge < -0.3 is 64.2 Å². The summed E-state index contributed by atoms with van der Waals surface area (Å²) < 4.78 is 0. The van der Waals surface area contributed by atoms with Gasteiger partial charge in [0.15, 0.2) is 0 Å². The maximum atomic E-state index is 13.0. The SMILES string of the molecule is C[C@@H](O)[C@H](NC(=O)[C@H](CCCCN)NC(=O)CN)C(=O)N[C@@H](CO)C(=O)N[C@@H](CCCCN)C(=O)N[C@@H](CO)C(=O)O. The number of unbranched alkanes of at least 4 members (excludes halogenated alkanes) is 2. The molecule has 15 N–H and O–H groups in total. The van der Waals surface area contributed by atoms with Crippen molar-refractivity contribution in [2.75, 3.05) is 32.8 Å². The Morgan fingerprint density at radius 2 is 1.05 bits per heavy atom. The van der Waals surface area contributed by atoms with E-state index in [0.717, 1.165) is 0 Å². The Hall–Kier alpha value is -3.42. The van der Waals surface area contributed by atoms with Crippen molar-refractivity contribution in [3.8, 4) is 0 Å². The summed E-state index contributed by atoms with van der Waals surface area (Å²) in [5.41, 5.74) is 16.2. The van der Waals surface area contributed by atoms with Crippen LogP contribution in [0.3, 0.4) is 0 Å². The van der Waals surface area contributed by atoms with Crippen LogP contribution >= 0.6 is 0 Å². The van der Waals surface area contributed by atoms with Crippen LogP contribution in [-0.2, 0) is 28.8 Å². The monoisotopic (exact) mass is 606 g/mol. The molecule has 0 saturated carbocycles. The number of carbonyl (C=O) groups excluding carboxylic acids is 5. The van der Waals surface area contributed by atoms with Gasteiger partial charge in [-0.1, -0.05) is 0 Å². The standard InChI is InChI=1S/C24H46N8O10/c1-13(35)19(32-21(38)14(6-2-4-8-25)28-18(36)10-27)23(40)30-16(11-33)22(39)29-15(7-3-5-9-26)20(37)31-17(12-34)24(41)42/h13-17,19,33-35H,2-12,25-27H2,1H3,(H,28,36)(H,29,39)(H,30,40)(H,31,37)(H,32,38)(H,41,42)/t13-,14+,15+,16+,17+,19+/m1/s1. The minimum atomic E-state index is -1.65. The fraction of sp³-hybridized carbons (Fsp3) is 0.750. The third-order valence-electron chi connectivity index (χ3n) is 6.04. The normalized spacial score (nSPS) is 15.2. The molecular formula is C24H46N8O10. The van der Waals surface area contributed by atoms with Gasteiger partial charge in [0.05, 0.1) is 25.9 Å². The third-order valence-corrected chi connectivity index (χ3v) is 6.04. The first-order valence-electron chi connectivity index (χ1n) is 13.6. The average Bonchev–Trinajstić information content (AvgIpc) is 2.95.